The summed E-state index contributed by atoms with van der Waals surface area (Å²) in [5.41, 5.74) is 0.964. The summed E-state index contributed by atoms with van der Waals surface area (Å²) in [7, 11) is 0. The van der Waals surface area contributed by atoms with E-state index in [2.05, 4.69) is 10.3 Å². The molecule has 1 unspecified atom stereocenters. The number of halogens is 2. The Bertz CT molecular complexity index is 924. The molecule has 2 amide bonds. The molecular formula is C20H21F2N3O2S. The van der Waals surface area contributed by atoms with Crippen LogP contribution in [0.3, 0.4) is 0 Å². The van der Waals surface area contributed by atoms with Crippen LogP contribution >= 0.6 is 11.3 Å². The van der Waals surface area contributed by atoms with Gasteiger partial charge >= 0.3 is 0 Å². The monoisotopic (exact) mass is 405 g/mol. The molecule has 1 saturated heterocycles. The molecule has 8 heteroatoms. The second-order valence-corrected chi connectivity index (χ2v) is 8.63. The minimum Gasteiger partial charge on any atom is -0.339 e. The molecule has 1 aliphatic carbocycles. The fraction of sp³-hybridized carbons (Fsp3) is 0.450. The van der Waals surface area contributed by atoms with Gasteiger partial charge in [-0.15, -0.1) is 11.3 Å². The Morgan fingerprint density at radius 1 is 1.25 bits per heavy atom. The Balaban J connectivity index is 1.45. The number of aryl methyl sites for hydroxylation is 1. The van der Waals surface area contributed by atoms with Gasteiger partial charge < -0.3 is 10.2 Å². The van der Waals surface area contributed by atoms with Crippen molar-refractivity contribution in [1.29, 1.82) is 0 Å². The van der Waals surface area contributed by atoms with Crippen molar-refractivity contribution in [2.45, 2.75) is 45.1 Å². The third-order valence-electron chi connectivity index (χ3n) is 5.51. The van der Waals surface area contributed by atoms with Crippen LogP contribution in [0, 0.1) is 24.5 Å². The standard InChI is InChI=1S/C20H21F2N3O2S/c1-11-18(12-6-7-15(21)16(22)8-12)23-20(28-11)24-19(27)13-9-17(26)25(10-13)14-4-2-3-5-14/h6-8,13-14H,2-5,9-10H2,1H3,(H,23,24,27). The van der Waals surface area contributed by atoms with Crippen LogP contribution in [0.1, 0.15) is 37.0 Å². The Morgan fingerprint density at radius 2 is 2.00 bits per heavy atom. The minimum absolute atomic E-state index is 0.0462. The Hall–Kier alpha value is -2.35. The lowest BCUT2D eigenvalue weighted by atomic mass is 10.1. The van der Waals surface area contributed by atoms with Crippen molar-refractivity contribution in [3.63, 3.8) is 0 Å². The maximum Gasteiger partial charge on any atom is 0.231 e. The highest BCUT2D eigenvalue weighted by Gasteiger charge is 2.38. The normalized spacial score (nSPS) is 20.2. The molecule has 1 saturated carbocycles. The van der Waals surface area contributed by atoms with Gasteiger partial charge in [0.1, 0.15) is 0 Å². The summed E-state index contributed by atoms with van der Waals surface area (Å²) in [5, 5.41) is 3.19. The van der Waals surface area contributed by atoms with E-state index in [1.54, 1.807) is 0 Å². The number of thiazole rings is 1. The van der Waals surface area contributed by atoms with E-state index < -0.39 is 11.6 Å². The zero-order valence-electron chi connectivity index (χ0n) is 15.5. The number of amides is 2. The van der Waals surface area contributed by atoms with Gasteiger partial charge in [0, 0.05) is 29.4 Å². The van der Waals surface area contributed by atoms with Crippen molar-refractivity contribution < 1.29 is 18.4 Å². The van der Waals surface area contributed by atoms with E-state index in [0.717, 1.165) is 42.7 Å². The molecule has 1 aromatic carbocycles. The third-order valence-corrected chi connectivity index (χ3v) is 6.40. The maximum absolute atomic E-state index is 13.5. The number of hydrogen-bond acceptors (Lipinski definition) is 4. The largest absolute Gasteiger partial charge is 0.339 e. The highest BCUT2D eigenvalue weighted by atomic mass is 32.1. The van der Waals surface area contributed by atoms with Gasteiger partial charge in [-0.1, -0.05) is 12.8 Å². The zero-order chi connectivity index (χ0) is 19.8. The first-order valence-corrected chi connectivity index (χ1v) is 10.3. The smallest absolute Gasteiger partial charge is 0.231 e. The van der Waals surface area contributed by atoms with Crippen LogP contribution in [0.5, 0.6) is 0 Å². The van der Waals surface area contributed by atoms with Gasteiger partial charge in [-0.3, -0.25) is 9.59 Å². The van der Waals surface area contributed by atoms with Crippen LogP contribution in [0.25, 0.3) is 11.3 Å². The molecule has 148 valence electrons. The topological polar surface area (TPSA) is 62.3 Å². The number of likely N-dealkylation sites (tertiary alicyclic amines) is 1. The summed E-state index contributed by atoms with van der Waals surface area (Å²) in [4.78, 5) is 32.0. The first-order chi connectivity index (χ1) is 13.4. The predicted octanol–water partition coefficient (Wildman–Crippen LogP) is 4.13. The van der Waals surface area contributed by atoms with Crippen molar-refractivity contribution in [2.24, 2.45) is 5.92 Å². The summed E-state index contributed by atoms with van der Waals surface area (Å²) in [6.07, 6.45) is 4.53. The van der Waals surface area contributed by atoms with Gasteiger partial charge in [-0.2, -0.15) is 0 Å². The Morgan fingerprint density at radius 3 is 2.71 bits per heavy atom. The molecule has 1 N–H and O–H groups in total. The average Bonchev–Trinajstić information content (AvgIpc) is 3.37. The number of hydrogen-bond donors (Lipinski definition) is 1. The van der Waals surface area contributed by atoms with E-state index in [-0.39, 0.29) is 30.2 Å². The lowest BCUT2D eigenvalue weighted by molar-refractivity contribution is -0.129. The van der Waals surface area contributed by atoms with E-state index in [4.69, 9.17) is 0 Å². The minimum atomic E-state index is -0.938. The predicted molar refractivity (Wildman–Crippen MR) is 103 cm³/mol. The molecule has 1 aliphatic heterocycles. The van der Waals surface area contributed by atoms with Crippen LogP contribution in [-0.4, -0.2) is 34.3 Å². The van der Waals surface area contributed by atoms with Gasteiger partial charge in [0.05, 0.1) is 11.6 Å². The average molecular weight is 405 g/mol. The molecule has 0 radical (unpaired) electrons. The molecule has 0 spiro atoms. The first-order valence-electron chi connectivity index (χ1n) is 9.45. The molecular weight excluding hydrogens is 384 g/mol. The Kier molecular flexibility index (Phi) is 5.14. The van der Waals surface area contributed by atoms with E-state index in [0.29, 0.717) is 22.9 Å². The zero-order valence-corrected chi connectivity index (χ0v) is 16.3. The van der Waals surface area contributed by atoms with Crippen LogP contribution < -0.4 is 5.32 Å². The van der Waals surface area contributed by atoms with Crippen molar-refractivity contribution in [3.8, 4) is 11.3 Å². The van der Waals surface area contributed by atoms with E-state index in [1.165, 1.54) is 17.4 Å². The number of rotatable bonds is 4. The number of nitrogens with one attached hydrogen (secondary N) is 1. The van der Waals surface area contributed by atoms with E-state index >= 15 is 0 Å². The highest BCUT2D eigenvalue weighted by Crippen LogP contribution is 2.33. The van der Waals surface area contributed by atoms with Crippen molar-refractivity contribution in [2.75, 3.05) is 11.9 Å². The molecule has 4 rings (SSSR count). The quantitative estimate of drug-likeness (QED) is 0.832. The number of aromatic nitrogens is 1. The second-order valence-electron chi connectivity index (χ2n) is 7.43. The molecule has 2 heterocycles. The van der Waals surface area contributed by atoms with E-state index in [9.17, 15) is 18.4 Å². The van der Waals surface area contributed by atoms with Crippen LogP contribution in [-0.2, 0) is 9.59 Å². The fourth-order valence-corrected chi connectivity index (χ4v) is 4.88. The summed E-state index contributed by atoms with van der Waals surface area (Å²) in [6.45, 7) is 2.26. The van der Waals surface area contributed by atoms with Crippen LogP contribution in [0.2, 0.25) is 0 Å². The van der Waals surface area contributed by atoms with E-state index in [1.807, 2.05) is 11.8 Å². The SMILES string of the molecule is Cc1sc(NC(=O)C2CC(=O)N(C3CCCC3)C2)nc1-c1ccc(F)c(F)c1. The van der Waals surface area contributed by atoms with Gasteiger partial charge in [-0.05, 0) is 38.0 Å². The highest BCUT2D eigenvalue weighted by molar-refractivity contribution is 7.16. The number of carbonyl (C=O) groups is 2. The second kappa shape index (κ2) is 7.58. The van der Waals surface area contributed by atoms with Gasteiger partial charge in [0.25, 0.3) is 0 Å². The third kappa shape index (κ3) is 3.65. The number of benzene rings is 1. The molecule has 5 nitrogen and oxygen atoms in total. The van der Waals surface area contributed by atoms with Crippen molar-refractivity contribution in [3.05, 3.63) is 34.7 Å². The maximum atomic E-state index is 13.5. The molecule has 2 aromatic rings. The van der Waals surface area contributed by atoms with Crippen LogP contribution in [0.4, 0.5) is 13.9 Å². The van der Waals surface area contributed by atoms with Crippen LogP contribution in [0.15, 0.2) is 18.2 Å². The molecule has 28 heavy (non-hydrogen) atoms. The molecule has 1 atom stereocenters. The van der Waals surface area contributed by atoms with Gasteiger partial charge in [0.2, 0.25) is 11.8 Å². The van der Waals surface area contributed by atoms with Gasteiger partial charge in [0.15, 0.2) is 16.8 Å². The first kappa shape index (κ1) is 19.0. The molecule has 2 aliphatic rings. The van der Waals surface area contributed by atoms with Gasteiger partial charge in [-0.25, -0.2) is 13.8 Å². The molecule has 1 aromatic heterocycles. The lowest BCUT2D eigenvalue weighted by Crippen LogP contribution is -2.35. The molecule has 0 bridgehead atoms. The number of anilines is 1. The fourth-order valence-electron chi connectivity index (χ4n) is 4.04. The van der Waals surface area contributed by atoms with Crippen molar-refractivity contribution in [1.82, 2.24) is 9.88 Å². The summed E-state index contributed by atoms with van der Waals surface area (Å²) in [5.74, 6) is -2.41. The summed E-state index contributed by atoms with van der Waals surface area (Å²) < 4.78 is 26.7. The number of carbonyl (C=O) groups excluding carboxylic acids is 2. The number of nitrogens with zero attached hydrogens (tertiary/aromatic N) is 2. The lowest BCUT2D eigenvalue weighted by Gasteiger charge is -2.23. The summed E-state index contributed by atoms with van der Waals surface area (Å²) >= 11 is 1.28. The molecule has 2 fully saturated rings. The Labute approximate surface area is 165 Å². The summed E-state index contributed by atoms with van der Waals surface area (Å²) in [6, 6.07) is 3.88. The van der Waals surface area contributed by atoms with Crippen molar-refractivity contribution >= 4 is 28.3 Å².